The molecule has 0 radical (unpaired) electrons. The highest BCUT2D eigenvalue weighted by atomic mass is 16.2. The molecule has 0 spiro atoms. The number of benzene rings is 1. The van der Waals surface area contributed by atoms with Gasteiger partial charge in [-0.3, -0.25) is 4.79 Å². The smallest absolute Gasteiger partial charge is 0.254 e. The standard InChI is InChI=1S/C16H16N6O/c1-3-15-17-7-11-8-22(9-13(11)18-15)16(23)10-4-5-14-12(6-10)19-20-21(14)2/h4-7H,3,8-9H2,1-2H3. The Bertz CT molecular complexity index is 916. The summed E-state index contributed by atoms with van der Waals surface area (Å²) in [5.41, 5.74) is 4.23. The van der Waals surface area contributed by atoms with Gasteiger partial charge in [-0.15, -0.1) is 5.10 Å². The lowest BCUT2D eigenvalue weighted by molar-refractivity contribution is 0.0750. The second kappa shape index (κ2) is 5.12. The molecule has 7 nitrogen and oxygen atoms in total. The van der Waals surface area contributed by atoms with Gasteiger partial charge in [0, 0.05) is 37.3 Å². The van der Waals surface area contributed by atoms with Gasteiger partial charge in [-0.25, -0.2) is 14.6 Å². The van der Waals surface area contributed by atoms with E-state index < -0.39 is 0 Å². The molecule has 0 bridgehead atoms. The van der Waals surface area contributed by atoms with Gasteiger partial charge in [0.25, 0.3) is 5.91 Å². The van der Waals surface area contributed by atoms with Gasteiger partial charge in [-0.05, 0) is 18.2 Å². The number of hydrogen-bond donors (Lipinski definition) is 0. The van der Waals surface area contributed by atoms with E-state index in [1.165, 1.54) is 0 Å². The van der Waals surface area contributed by atoms with Crippen LogP contribution in [0.3, 0.4) is 0 Å². The third-order valence-corrected chi connectivity index (χ3v) is 4.17. The molecular weight excluding hydrogens is 292 g/mol. The van der Waals surface area contributed by atoms with Crippen LogP contribution in [-0.2, 0) is 26.6 Å². The van der Waals surface area contributed by atoms with Crippen LogP contribution in [-0.4, -0.2) is 35.8 Å². The van der Waals surface area contributed by atoms with E-state index in [4.69, 9.17) is 0 Å². The van der Waals surface area contributed by atoms with Crippen molar-refractivity contribution in [2.45, 2.75) is 26.4 Å². The number of aryl methyl sites for hydroxylation is 2. The van der Waals surface area contributed by atoms with Crippen molar-refractivity contribution in [3.63, 3.8) is 0 Å². The van der Waals surface area contributed by atoms with Gasteiger partial charge < -0.3 is 4.90 Å². The summed E-state index contributed by atoms with van der Waals surface area (Å²) in [7, 11) is 1.83. The maximum absolute atomic E-state index is 12.7. The van der Waals surface area contributed by atoms with Gasteiger partial charge in [-0.1, -0.05) is 12.1 Å². The molecule has 1 aliphatic rings. The van der Waals surface area contributed by atoms with E-state index in [1.807, 2.05) is 32.3 Å². The number of aromatic nitrogens is 5. The highest BCUT2D eigenvalue weighted by Gasteiger charge is 2.26. The molecule has 23 heavy (non-hydrogen) atoms. The van der Waals surface area contributed by atoms with E-state index >= 15 is 0 Å². The predicted octanol–water partition coefficient (Wildman–Crippen LogP) is 1.48. The molecule has 2 aromatic heterocycles. The van der Waals surface area contributed by atoms with Crippen molar-refractivity contribution in [1.82, 2.24) is 29.9 Å². The molecule has 0 N–H and O–H groups in total. The highest BCUT2D eigenvalue weighted by molar-refractivity contribution is 5.97. The predicted molar refractivity (Wildman–Crippen MR) is 83.5 cm³/mol. The molecule has 116 valence electrons. The van der Waals surface area contributed by atoms with Crippen LogP contribution in [0.4, 0.5) is 0 Å². The van der Waals surface area contributed by atoms with Crippen LogP contribution >= 0.6 is 0 Å². The minimum atomic E-state index is -0.0198. The lowest BCUT2D eigenvalue weighted by Gasteiger charge is -2.14. The molecular formula is C16H16N6O. The maximum atomic E-state index is 12.7. The van der Waals surface area contributed by atoms with Crippen molar-refractivity contribution in [3.05, 3.63) is 47.0 Å². The van der Waals surface area contributed by atoms with E-state index in [0.29, 0.717) is 18.7 Å². The summed E-state index contributed by atoms with van der Waals surface area (Å²) < 4.78 is 1.69. The van der Waals surface area contributed by atoms with E-state index in [1.54, 1.807) is 15.6 Å². The Morgan fingerprint density at radius 2 is 2.17 bits per heavy atom. The number of carbonyl (C=O) groups is 1. The molecule has 0 fully saturated rings. The van der Waals surface area contributed by atoms with E-state index in [-0.39, 0.29) is 5.91 Å². The van der Waals surface area contributed by atoms with Gasteiger partial charge >= 0.3 is 0 Å². The van der Waals surface area contributed by atoms with Gasteiger partial charge in [-0.2, -0.15) is 0 Å². The van der Waals surface area contributed by atoms with Crippen LogP contribution in [0.1, 0.15) is 34.4 Å². The SMILES string of the molecule is CCc1ncc2c(n1)CN(C(=O)c1ccc3c(c1)nnn3C)C2. The molecule has 4 rings (SSSR count). The minimum Gasteiger partial charge on any atom is -0.328 e. The van der Waals surface area contributed by atoms with Crippen molar-refractivity contribution in [2.75, 3.05) is 0 Å². The largest absolute Gasteiger partial charge is 0.328 e. The van der Waals surface area contributed by atoms with Crippen LogP contribution in [0.2, 0.25) is 0 Å². The normalized spacial score (nSPS) is 13.6. The van der Waals surface area contributed by atoms with Gasteiger partial charge in [0.2, 0.25) is 0 Å². The Balaban J connectivity index is 1.61. The Morgan fingerprint density at radius 1 is 1.30 bits per heavy atom. The molecule has 0 aliphatic carbocycles. The topological polar surface area (TPSA) is 76.8 Å². The zero-order valence-corrected chi connectivity index (χ0v) is 13.0. The van der Waals surface area contributed by atoms with Gasteiger partial charge in [0.15, 0.2) is 0 Å². The Kier molecular flexibility index (Phi) is 3.07. The summed E-state index contributed by atoms with van der Waals surface area (Å²) in [6, 6.07) is 5.48. The fraction of sp³-hybridized carbons (Fsp3) is 0.312. The number of fused-ring (bicyclic) bond motifs is 2. The van der Waals surface area contributed by atoms with Crippen LogP contribution in [0.25, 0.3) is 11.0 Å². The van der Waals surface area contributed by atoms with Gasteiger partial charge in [0.1, 0.15) is 11.3 Å². The molecule has 0 unspecified atom stereocenters. The first-order chi connectivity index (χ1) is 11.2. The third-order valence-electron chi connectivity index (χ3n) is 4.17. The number of carbonyl (C=O) groups excluding carboxylic acids is 1. The number of nitrogens with zero attached hydrogens (tertiary/aromatic N) is 6. The second-order valence-corrected chi connectivity index (χ2v) is 5.69. The lowest BCUT2D eigenvalue weighted by Crippen LogP contribution is -2.25. The fourth-order valence-corrected chi connectivity index (χ4v) is 2.86. The summed E-state index contributed by atoms with van der Waals surface area (Å²) in [5, 5.41) is 8.04. The first kappa shape index (κ1) is 13.8. The van der Waals surface area contributed by atoms with Crippen molar-refractivity contribution >= 4 is 16.9 Å². The molecule has 1 aliphatic heterocycles. The zero-order chi connectivity index (χ0) is 16.0. The summed E-state index contributed by atoms with van der Waals surface area (Å²) in [6.07, 6.45) is 2.63. The van der Waals surface area contributed by atoms with Crippen molar-refractivity contribution in [3.8, 4) is 0 Å². The molecule has 1 aromatic carbocycles. The Morgan fingerprint density at radius 3 is 3.00 bits per heavy atom. The van der Waals surface area contributed by atoms with Crippen LogP contribution in [0, 0.1) is 0 Å². The van der Waals surface area contributed by atoms with E-state index in [9.17, 15) is 4.79 Å². The average Bonchev–Trinajstić information content (AvgIpc) is 3.17. The molecule has 0 saturated carbocycles. The first-order valence-corrected chi connectivity index (χ1v) is 7.58. The Hall–Kier alpha value is -2.83. The second-order valence-electron chi connectivity index (χ2n) is 5.69. The Labute approximate surface area is 133 Å². The molecule has 0 saturated heterocycles. The molecule has 3 heterocycles. The van der Waals surface area contributed by atoms with E-state index in [0.717, 1.165) is 34.5 Å². The quantitative estimate of drug-likeness (QED) is 0.716. The van der Waals surface area contributed by atoms with Crippen LogP contribution in [0.15, 0.2) is 24.4 Å². The summed E-state index contributed by atoms with van der Waals surface area (Å²) in [5.74, 6) is 0.799. The molecule has 3 aromatic rings. The average molecular weight is 308 g/mol. The van der Waals surface area contributed by atoms with Crippen LogP contribution in [0.5, 0.6) is 0 Å². The lowest BCUT2D eigenvalue weighted by atomic mass is 10.1. The van der Waals surface area contributed by atoms with Crippen molar-refractivity contribution < 1.29 is 4.79 Å². The van der Waals surface area contributed by atoms with Crippen LogP contribution < -0.4 is 0 Å². The fourth-order valence-electron chi connectivity index (χ4n) is 2.86. The summed E-state index contributed by atoms with van der Waals surface area (Å²) in [4.78, 5) is 23.4. The van der Waals surface area contributed by atoms with E-state index in [2.05, 4.69) is 20.3 Å². The molecule has 0 atom stereocenters. The maximum Gasteiger partial charge on any atom is 0.254 e. The van der Waals surface area contributed by atoms with Crippen molar-refractivity contribution in [1.29, 1.82) is 0 Å². The molecule has 1 amide bonds. The van der Waals surface area contributed by atoms with Crippen molar-refractivity contribution in [2.24, 2.45) is 7.05 Å². The summed E-state index contributed by atoms with van der Waals surface area (Å²) >= 11 is 0. The zero-order valence-electron chi connectivity index (χ0n) is 13.0. The third kappa shape index (κ3) is 2.25. The minimum absolute atomic E-state index is 0.0198. The van der Waals surface area contributed by atoms with Gasteiger partial charge in [0.05, 0.1) is 17.8 Å². The monoisotopic (exact) mass is 308 g/mol. The summed E-state index contributed by atoms with van der Waals surface area (Å²) in [6.45, 7) is 3.11. The number of hydrogen-bond acceptors (Lipinski definition) is 5. The molecule has 7 heteroatoms. The number of rotatable bonds is 2. The highest BCUT2D eigenvalue weighted by Crippen LogP contribution is 2.23. The number of amides is 1. The first-order valence-electron chi connectivity index (χ1n) is 7.58.